The highest BCUT2D eigenvalue weighted by Gasteiger charge is 2.34. The SMILES string of the molecule is O=C(NC1NNCC1C(=O)O)OCc1ccccc1. The molecule has 1 aromatic carbocycles. The van der Waals surface area contributed by atoms with Gasteiger partial charge < -0.3 is 15.2 Å². The largest absolute Gasteiger partial charge is 0.481 e. The number of aliphatic carboxylic acids is 1. The van der Waals surface area contributed by atoms with E-state index < -0.39 is 24.1 Å². The van der Waals surface area contributed by atoms with Crippen LogP contribution in [0.25, 0.3) is 0 Å². The minimum atomic E-state index is -0.981. The highest BCUT2D eigenvalue weighted by molar-refractivity contribution is 5.74. The maximum absolute atomic E-state index is 11.5. The van der Waals surface area contributed by atoms with Crippen LogP contribution in [0.15, 0.2) is 30.3 Å². The zero-order chi connectivity index (χ0) is 13.7. The van der Waals surface area contributed by atoms with Crippen molar-refractivity contribution in [1.82, 2.24) is 16.2 Å². The molecular formula is C12H15N3O4. The summed E-state index contributed by atoms with van der Waals surface area (Å²) in [5.41, 5.74) is 6.22. The van der Waals surface area contributed by atoms with Crippen LogP contribution in [0.2, 0.25) is 0 Å². The number of hydrogen-bond acceptors (Lipinski definition) is 5. The molecule has 0 aromatic heterocycles. The molecule has 1 fully saturated rings. The molecule has 1 saturated heterocycles. The van der Waals surface area contributed by atoms with Gasteiger partial charge >= 0.3 is 12.1 Å². The van der Waals surface area contributed by atoms with E-state index in [1.54, 1.807) is 0 Å². The molecule has 1 amide bonds. The summed E-state index contributed by atoms with van der Waals surface area (Å²) in [6, 6.07) is 9.24. The minimum absolute atomic E-state index is 0.143. The van der Waals surface area contributed by atoms with Crippen LogP contribution in [0.5, 0.6) is 0 Å². The van der Waals surface area contributed by atoms with E-state index in [0.717, 1.165) is 5.56 Å². The average molecular weight is 265 g/mol. The highest BCUT2D eigenvalue weighted by atomic mass is 16.5. The van der Waals surface area contributed by atoms with Crippen molar-refractivity contribution >= 4 is 12.1 Å². The number of carbonyl (C=O) groups is 2. The van der Waals surface area contributed by atoms with Crippen LogP contribution in [0.4, 0.5) is 4.79 Å². The molecule has 4 N–H and O–H groups in total. The van der Waals surface area contributed by atoms with Crippen LogP contribution in [0, 0.1) is 5.92 Å². The standard InChI is InChI=1S/C12H15N3O4/c16-11(17)9-6-13-15-10(9)14-12(18)19-7-8-4-2-1-3-5-8/h1-5,9-10,13,15H,6-7H2,(H,14,18)(H,16,17). The number of rotatable bonds is 4. The molecule has 7 heteroatoms. The summed E-state index contributed by atoms with van der Waals surface area (Å²) >= 11 is 0. The average Bonchev–Trinajstić information content (AvgIpc) is 2.86. The van der Waals surface area contributed by atoms with E-state index in [-0.39, 0.29) is 13.2 Å². The Balaban J connectivity index is 1.80. The van der Waals surface area contributed by atoms with Gasteiger partial charge in [-0.15, -0.1) is 0 Å². The molecular weight excluding hydrogens is 250 g/mol. The van der Waals surface area contributed by atoms with E-state index in [1.165, 1.54) is 0 Å². The molecule has 19 heavy (non-hydrogen) atoms. The fraction of sp³-hybridized carbons (Fsp3) is 0.333. The molecule has 0 spiro atoms. The van der Waals surface area contributed by atoms with Gasteiger partial charge in [-0.25, -0.2) is 10.2 Å². The van der Waals surface area contributed by atoms with Crippen molar-refractivity contribution in [3.05, 3.63) is 35.9 Å². The number of hydrogen-bond donors (Lipinski definition) is 4. The lowest BCUT2D eigenvalue weighted by molar-refractivity contribution is -0.141. The third-order valence-electron chi connectivity index (χ3n) is 2.79. The summed E-state index contributed by atoms with van der Waals surface area (Å²) in [5, 5.41) is 11.4. The Morgan fingerprint density at radius 2 is 2.11 bits per heavy atom. The molecule has 2 unspecified atom stereocenters. The number of carboxylic acid groups (broad SMARTS) is 1. The summed E-state index contributed by atoms with van der Waals surface area (Å²) in [5.74, 6) is -1.70. The third kappa shape index (κ3) is 3.67. The first kappa shape index (κ1) is 13.3. The van der Waals surface area contributed by atoms with Gasteiger partial charge in [0, 0.05) is 6.54 Å². The van der Waals surface area contributed by atoms with E-state index in [0.29, 0.717) is 0 Å². The third-order valence-corrected chi connectivity index (χ3v) is 2.79. The maximum Gasteiger partial charge on any atom is 0.408 e. The Labute approximate surface area is 109 Å². The first-order valence-corrected chi connectivity index (χ1v) is 5.85. The molecule has 1 heterocycles. The molecule has 0 bridgehead atoms. The number of carboxylic acids is 1. The van der Waals surface area contributed by atoms with E-state index in [4.69, 9.17) is 9.84 Å². The molecule has 7 nitrogen and oxygen atoms in total. The molecule has 2 rings (SSSR count). The lowest BCUT2D eigenvalue weighted by Gasteiger charge is -2.16. The van der Waals surface area contributed by atoms with Crippen molar-refractivity contribution in [2.75, 3.05) is 6.54 Å². The van der Waals surface area contributed by atoms with Gasteiger partial charge in [0.25, 0.3) is 0 Å². The van der Waals surface area contributed by atoms with E-state index in [9.17, 15) is 9.59 Å². The number of hydrazine groups is 1. The quantitative estimate of drug-likeness (QED) is 0.614. The molecule has 102 valence electrons. The van der Waals surface area contributed by atoms with E-state index in [2.05, 4.69) is 16.2 Å². The van der Waals surface area contributed by atoms with Crippen LogP contribution < -0.4 is 16.2 Å². The normalized spacial score (nSPS) is 21.9. The number of benzene rings is 1. The van der Waals surface area contributed by atoms with E-state index in [1.807, 2.05) is 30.3 Å². The molecule has 0 saturated carbocycles. The fourth-order valence-corrected chi connectivity index (χ4v) is 1.76. The molecule has 0 aliphatic carbocycles. The van der Waals surface area contributed by atoms with Gasteiger partial charge in [0.2, 0.25) is 0 Å². The van der Waals surface area contributed by atoms with Crippen molar-refractivity contribution in [2.45, 2.75) is 12.8 Å². The first-order valence-electron chi connectivity index (χ1n) is 5.85. The van der Waals surface area contributed by atoms with Crippen molar-refractivity contribution in [3.8, 4) is 0 Å². The second-order valence-corrected chi connectivity index (χ2v) is 4.15. The van der Waals surface area contributed by atoms with Gasteiger partial charge in [0.1, 0.15) is 18.7 Å². The van der Waals surface area contributed by atoms with Crippen LogP contribution >= 0.6 is 0 Å². The van der Waals surface area contributed by atoms with Gasteiger partial charge in [-0.3, -0.25) is 10.2 Å². The predicted octanol–water partition coefficient (Wildman–Crippen LogP) is 0.0475. The first-order chi connectivity index (χ1) is 9.16. The van der Waals surface area contributed by atoms with Gasteiger partial charge in [-0.1, -0.05) is 30.3 Å². The Morgan fingerprint density at radius 1 is 1.37 bits per heavy atom. The summed E-state index contributed by atoms with van der Waals surface area (Å²) in [4.78, 5) is 22.4. The number of carbonyl (C=O) groups excluding carboxylic acids is 1. The molecule has 0 radical (unpaired) electrons. The highest BCUT2D eigenvalue weighted by Crippen LogP contribution is 2.06. The maximum atomic E-state index is 11.5. The van der Waals surface area contributed by atoms with Gasteiger partial charge in [0.05, 0.1) is 0 Å². The van der Waals surface area contributed by atoms with Crippen molar-refractivity contribution in [3.63, 3.8) is 0 Å². The topological polar surface area (TPSA) is 99.7 Å². The van der Waals surface area contributed by atoms with Crippen LogP contribution in [0.1, 0.15) is 5.56 Å². The fourth-order valence-electron chi connectivity index (χ4n) is 1.76. The zero-order valence-electron chi connectivity index (χ0n) is 10.1. The van der Waals surface area contributed by atoms with Gasteiger partial charge in [-0.05, 0) is 5.56 Å². The number of amides is 1. The van der Waals surface area contributed by atoms with Crippen molar-refractivity contribution in [2.24, 2.45) is 5.92 Å². The summed E-state index contributed by atoms with van der Waals surface area (Å²) in [6.07, 6.45) is -1.34. The van der Waals surface area contributed by atoms with Crippen LogP contribution in [-0.2, 0) is 16.1 Å². The summed E-state index contributed by atoms with van der Waals surface area (Å²) in [6.45, 7) is 0.392. The Kier molecular flexibility index (Phi) is 4.32. The summed E-state index contributed by atoms with van der Waals surface area (Å²) < 4.78 is 5.01. The van der Waals surface area contributed by atoms with Gasteiger partial charge in [-0.2, -0.15) is 0 Å². The second kappa shape index (κ2) is 6.17. The Hall–Kier alpha value is -2.12. The Morgan fingerprint density at radius 3 is 2.79 bits per heavy atom. The van der Waals surface area contributed by atoms with E-state index >= 15 is 0 Å². The smallest absolute Gasteiger partial charge is 0.408 e. The van der Waals surface area contributed by atoms with Crippen LogP contribution in [-0.4, -0.2) is 29.9 Å². The zero-order valence-corrected chi connectivity index (χ0v) is 10.1. The number of alkyl carbamates (subject to hydrolysis) is 1. The summed E-state index contributed by atoms with van der Waals surface area (Å²) in [7, 11) is 0. The molecule has 1 aliphatic rings. The Bertz CT molecular complexity index is 452. The lowest BCUT2D eigenvalue weighted by atomic mass is 10.1. The number of ether oxygens (including phenoxy) is 1. The monoisotopic (exact) mass is 265 g/mol. The number of nitrogens with one attached hydrogen (secondary N) is 3. The van der Waals surface area contributed by atoms with Crippen LogP contribution in [0.3, 0.4) is 0 Å². The van der Waals surface area contributed by atoms with Gasteiger partial charge in [0.15, 0.2) is 0 Å². The predicted molar refractivity (Wildman–Crippen MR) is 65.8 cm³/mol. The van der Waals surface area contributed by atoms with Crippen molar-refractivity contribution < 1.29 is 19.4 Å². The minimum Gasteiger partial charge on any atom is -0.481 e. The molecule has 2 atom stereocenters. The van der Waals surface area contributed by atoms with Crippen molar-refractivity contribution in [1.29, 1.82) is 0 Å². The molecule has 1 aliphatic heterocycles. The lowest BCUT2D eigenvalue weighted by Crippen LogP contribution is -2.48. The second-order valence-electron chi connectivity index (χ2n) is 4.15. The molecule has 1 aromatic rings.